The summed E-state index contributed by atoms with van der Waals surface area (Å²) in [6.07, 6.45) is 11.4. The second kappa shape index (κ2) is 17.3. The van der Waals surface area contributed by atoms with Crippen LogP contribution in [0.25, 0.3) is 33.2 Å². The minimum atomic E-state index is -0.993. The molecular formula is C42H56N4O5. The molecule has 2 atom stereocenters. The first-order valence-electron chi connectivity index (χ1n) is 18.9. The van der Waals surface area contributed by atoms with Crippen molar-refractivity contribution in [1.82, 2.24) is 19.9 Å². The third kappa shape index (κ3) is 8.30. The van der Waals surface area contributed by atoms with Gasteiger partial charge in [-0.05, 0) is 93.0 Å². The molecule has 0 unspecified atom stereocenters. The van der Waals surface area contributed by atoms with Crippen molar-refractivity contribution >= 4 is 45.7 Å². The molecule has 0 amide bonds. The number of aromatic carboxylic acids is 1. The van der Waals surface area contributed by atoms with Gasteiger partial charge in [-0.25, -0.2) is 9.78 Å². The smallest absolute Gasteiger partial charge is 0.338 e. The van der Waals surface area contributed by atoms with Crippen LogP contribution in [-0.2, 0) is 20.7 Å². The first-order valence-corrected chi connectivity index (χ1v) is 18.9. The molecule has 5 rings (SSSR count). The van der Waals surface area contributed by atoms with E-state index >= 15 is 0 Å². The Morgan fingerprint density at radius 3 is 2.24 bits per heavy atom. The molecule has 9 heteroatoms. The zero-order valence-corrected chi connectivity index (χ0v) is 31.6. The van der Waals surface area contributed by atoms with Crippen molar-refractivity contribution in [3.05, 3.63) is 68.8 Å². The summed E-state index contributed by atoms with van der Waals surface area (Å²) in [5.41, 5.74) is 12.7. The van der Waals surface area contributed by atoms with Gasteiger partial charge in [0.05, 0.1) is 35.7 Å². The standard InChI is InChI=1S/C42H56N4O5/c1-8-10-11-12-13-14-15-16-18-50-23-32-27(5)33-20-35-26(4)31(17-19-51-24-47)40(45-35)29(7)41-39(42(48)49)28(6)36(46-41)22-37-30(9-2)25(3)34(43-37)21-38(32)44-33/h20-22,24,26,31,43,46H,8-19,23H2,1-7H3,(H,48,49)/t26-,31-/m0/s1. The highest BCUT2D eigenvalue weighted by Gasteiger charge is 2.32. The monoisotopic (exact) mass is 696 g/mol. The van der Waals surface area contributed by atoms with E-state index in [0.29, 0.717) is 30.6 Å². The van der Waals surface area contributed by atoms with E-state index < -0.39 is 5.97 Å². The van der Waals surface area contributed by atoms with E-state index in [1.807, 2.05) is 19.9 Å². The first kappa shape index (κ1) is 38.0. The Morgan fingerprint density at radius 1 is 0.843 bits per heavy atom. The van der Waals surface area contributed by atoms with E-state index in [1.54, 1.807) is 0 Å². The Balaban J connectivity index is 1.64. The van der Waals surface area contributed by atoms with Gasteiger partial charge in [0.1, 0.15) is 0 Å². The molecule has 3 aromatic heterocycles. The first-order chi connectivity index (χ1) is 24.6. The second-order valence-corrected chi connectivity index (χ2v) is 14.3. The van der Waals surface area contributed by atoms with E-state index in [9.17, 15) is 14.7 Å². The quantitative estimate of drug-likeness (QED) is 0.0946. The van der Waals surface area contributed by atoms with E-state index in [0.717, 1.165) is 81.0 Å². The average Bonchev–Trinajstić information content (AvgIpc) is 3.79. The Hall–Kier alpha value is -4.24. The van der Waals surface area contributed by atoms with Crippen LogP contribution in [0.1, 0.15) is 153 Å². The summed E-state index contributed by atoms with van der Waals surface area (Å²) in [6.45, 7) is 16.4. The molecule has 0 radical (unpaired) electrons. The van der Waals surface area contributed by atoms with Crippen LogP contribution in [0, 0.1) is 20.8 Å². The number of fused-ring (bicyclic) bond motifs is 8. The second-order valence-electron chi connectivity index (χ2n) is 14.3. The molecule has 0 saturated heterocycles. The predicted molar refractivity (Wildman–Crippen MR) is 205 cm³/mol. The fourth-order valence-electron chi connectivity index (χ4n) is 7.76. The summed E-state index contributed by atoms with van der Waals surface area (Å²) in [5.74, 6) is -1.09. The molecule has 9 nitrogen and oxygen atoms in total. The van der Waals surface area contributed by atoms with Crippen molar-refractivity contribution in [2.45, 2.75) is 125 Å². The molecule has 0 fully saturated rings. The van der Waals surface area contributed by atoms with Crippen LogP contribution < -0.4 is 0 Å². The van der Waals surface area contributed by atoms with Gasteiger partial charge in [0, 0.05) is 52.0 Å². The lowest BCUT2D eigenvalue weighted by Crippen LogP contribution is -2.08. The van der Waals surface area contributed by atoms with Gasteiger partial charge >= 0.3 is 5.97 Å². The molecule has 5 heterocycles. The number of allylic oxidation sites excluding steroid dienone is 1. The lowest BCUT2D eigenvalue weighted by molar-refractivity contribution is -0.128. The summed E-state index contributed by atoms with van der Waals surface area (Å²) >= 11 is 0. The molecule has 0 aromatic carbocycles. The predicted octanol–water partition coefficient (Wildman–Crippen LogP) is 10.0. The van der Waals surface area contributed by atoms with Gasteiger partial charge in [0.25, 0.3) is 6.47 Å². The molecule has 274 valence electrons. The van der Waals surface area contributed by atoms with Crippen molar-refractivity contribution in [2.24, 2.45) is 0 Å². The number of carboxylic acids is 1. The van der Waals surface area contributed by atoms with E-state index in [2.05, 4.69) is 56.7 Å². The molecule has 8 bridgehead atoms. The fraction of sp³-hybridized carbons (Fsp3) is 0.524. The highest BCUT2D eigenvalue weighted by molar-refractivity contribution is 6.02. The summed E-state index contributed by atoms with van der Waals surface area (Å²) in [5, 5.41) is 10.4. The number of hydrogen-bond acceptors (Lipinski definition) is 6. The van der Waals surface area contributed by atoms with Gasteiger partial charge in [0.2, 0.25) is 0 Å². The maximum atomic E-state index is 12.7. The van der Waals surface area contributed by atoms with Crippen LogP contribution in [0.15, 0.2) is 18.2 Å². The highest BCUT2D eigenvalue weighted by atomic mass is 16.5. The number of ether oxygens (including phenoxy) is 2. The van der Waals surface area contributed by atoms with Crippen LogP contribution >= 0.6 is 0 Å². The molecular weight excluding hydrogens is 640 g/mol. The van der Waals surface area contributed by atoms with Gasteiger partial charge in [0.15, 0.2) is 0 Å². The number of unbranched alkanes of at least 4 members (excludes halogenated alkanes) is 7. The lowest BCUT2D eigenvalue weighted by atomic mass is 9.87. The van der Waals surface area contributed by atoms with Gasteiger partial charge in [-0.3, -0.25) is 9.78 Å². The number of rotatable bonds is 17. The number of nitrogens with zero attached hydrogens (tertiary/aromatic N) is 2. The van der Waals surface area contributed by atoms with E-state index in [4.69, 9.17) is 19.4 Å². The van der Waals surface area contributed by atoms with E-state index in [-0.39, 0.29) is 24.0 Å². The van der Waals surface area contributed by atoms with Gasteiger partial charge in [-0.1, -0.05) is 65.7 Å². The van der Waals surface area contributed by atoms with Crippen LogP contribution in [-0.4, -0.2) is 57.3 Å². The maximum Gasteiger partial charge on any atom is 0.338 e. The third-order valence-electron chi connectivity index (χ3n) is 11.0. The molecule has 2 aliphatic heterocycles. The van der Waals surface area contributed by atoms with Crippen LogP contribution in [0.3, 0.4) is 0 Å². The Bertz CT molecular complexity index is 1930. The minimum Gasteiger partial charge on any atom is -0.478 e. The van der Waals surface area contributed by atoms with Gasteiger partial charge in [-0.2, -0.15) is 0 Å². The zero-order valence-electron chi connectivity index (χ0n) is 31.6. The molecule has 0 aliphatic carbocycles. The van der Waals surface area contributed by atoms with Crippen molar-refractivity contribution in [3.8, 4) is 0 Å². The molecule has 2 aliphatic rings. The molecule has 0 spiro atoms. The Labute approximate surface area is 302 Å². The van der Waals surface area contributed by atoms with Crippen molar-refractivity contribution < 1.29 is 24.2 Å². The van der Waals surface area contributed by atoms with Crippen molar-refractivity contribution in [2.75, 3.05) is 19.8 Å². The molecule has 51 heavy (non-hydrogen) atoms. The number of carbonyl (C=O) groups excluding carboxylic acids is 1. The van der Waals surface area contributed by atoms with Crippen LogP contribution in [0.2, 0.25) is 0 Å². The number of hydrogen-bond donors (Lipinski definition) is 3. The summed E-state index contributed by atoms with van der Waals surface area (Å²) in [4.78, 5) is 41.3. The largest absolute Gasteiger partial charge is 0.478 e. The lowest BCUT2D eigenvalue weighted by Gasteiger charge is -2.16. The normalized spacial score (nSPS) is 15.8. The van der Waals surface area contributed by atoms with Crippen LogP contribution in [0.5, 0.6) is 0 Å². The SMILES string of the molecule is CCCCCCCCCCOCC1=C(C)c2cc3nc(c(C)c4[nH]c(cc5[nH]c(cc1n2)c(C)c5CC)c(C)c4C(=O)O)[C@@H](CCOC=O)[C@@H]3C. The number of aryl methyl sites for hydroxylation is 4. The minimum absolute atomic E-state index is 0.0126. The molecule has 3 aromatic rings. The van der Waals surface area contributed by atoms with Gasteiger partial charge in [-0.15, -0.1) is 0 Å². The highest BCUT2D eigenvalue weighted by Crippen LogP contribution is 2.42. The number of nitrogens with one attached hydrogen (secondary N) is 2. The number of carbonyl (C=O) groups is 2. The van der Waals surface area contributed by atoms with Crippen molar-refractivity contribution in [3.63, 3.8) is 0 Å². The zero-order chi connectivity index (χ0) is 36.7. The molecule has 3 N–H and O–H groups in total. The Kier molecular flexibility index (Phi) is 12.9. The molecule has 0 saturated carbocycles. The van der Waals surface area contributed by atoms with E-state index in [1.165, 1.54) is 50.5 Å². The number of carboxylic acid groups (broad SMARTS) is 1. The van der Waals surface area contributed by atoms with Crippen LogP contribution in [0.4, 0.5) is 0 Å². The van der Waals surface area contributed by atoms with Gasteiger partial charge < -0.3 is 24.5 Å². The van der Waals surface area contributed by atoms with Crippen molar-refractivity contribution in [1.29, 1.82) is 0 Å². The number of aromatic nitrogens is 4. The average molecular weight is 697 g/mol. The number of aromatic amines is 2. The summed E-state index contributed by atoms with van der Waals surface area (Å²) in [7, 11) is 0. The summed E-state index contributed by atoms with van der Waals surface area (Å²) in [6, 6.07) is 6.22. The third-order valence-corrected chi connectivity index (χ3v) is 11.0. The number of H-pyrrole nitrogens is 2. The summed E-state index contributed by atoms with van der Waals surface area (Å²) < 4.78 is 11.4. The topological polar surface area (TPSA) is 130 Å². The maximum absolute atomic E-state index is 12.7. The Morgan fingerprint density at radius 2 is 1.55 bits per heavy atom. The fourth-order valence-corrected chi connectivity index (χ4v) is 7.76.